The zero-order valence-electron chi connectivity index (χ0n) is 67.4. The molecule has 0 bridgehead atoms. The van der Waals surface area contributed by atoms with Crippen LogP contribution in [0.5, 0.6) is 34.5 Å². The summed E-state index contributed by atoms with van der Waals surface area (Å²) in [5.74, 6) is 8.33. The zero-order chi connectivity index (χ0) is 81.9. The quantitative estimate of drug-likeness (QED) is 0.0158. The lowest BCUT2D eigenvalue weighted by atomic mass is 10.2. The van der Waals surface area contributed by atoms with Crippen molar-refractivity contribution in [2.75, 3.05) is 113 Å². The molecule has 8 N–H and O–H groups in total. The van der Waals surface area contributed by atoms with Crippen LogP contribution in [0.15, 0.2) is 237 Å². The van der Waals surface area contributed by atoms with Crippen LogP contribution in [0.1, 0.15) is 74.9 Å². The number of benzene rings is 9. The summed E-state index contributed by atoms with van der Waals surface area (Å²) in [6.45, 7) is 15.4. The number of hydrogen-bond acceptors (Lipinski definition) is 24. The van der Waals surface area contributed by atoms with Gasteiger partial charge in [-0.1, -0.05) is 169 Å². The van der Waals surface area contributed by atoms with Crippen molar-refractivity contribution >= 4 is 64.6 Å². The Balaban J connectivity index is 0.000000228. The van der Waals surface area contributed by atoms with Gasteiger partial charge in [-0.2, -0.15) is 15.0 Å². The molecule has 4 aromatic heterocycles. The Morgan fingerprint density at radius 1 is 0.389 bits per heavy atom. The van der Waals surface area contributed by atoms with Crippen molar-refractivity contribution in [1.82, 2.24) is 59.5 Å². The predicted octanol–water partition coefficient (Wildman–Crippen LogP) is 16.1. The van der Waals surface area contributed by atoms with Crippen LogP contribution in [0.25, 0.3) is 0 Å². The molecular weight excluding hydrogens is 1430 g/mol. The molecule has 13 rings (SSSR count). The zero-order valence-corrected chi connectivity index (χ0v) is 67.4. The van der Waals surface area contributed by atoms with Crippen LogP contribution in [-0.2, 0) is 39.3 Å². The summed E-state index contributed by atoms with van der Waals surface area (Å²) in [5.41, 5.74) is 20.4. The monoisotopic (exact) mass is 1540 g/mol. The van der Waals surface area contributed by atoms with E-state index in [2.05, 4.69) is 68.3 Å². The van der Waals surface area contributed by atoms with Crippen molar-refractivity contribution in [3.63, 3.8) is 0 Å². The Bertz CT molecular complexity index is 4750. The van der Waals surface area contributed by atoms with Gasteiger partial charge < -0.3 is 80.7 Å². The van der Waals surface area contributed by atoms with E-state index >= 15 is 0 Å². The van der Waals surface area contributed by atoms with Crippen LogP contribution in [0.4, 0.5) is 64.6 Å². The van der Waals surface area contributed by atoms with Crippen molar-refractivity contribution in [3.8, 4) is 34.5 Å². The maximum Gasteiger partial charge on any atom is 0.493 e. The van der Waals surface area contributed by atoms with E-state index in [1.54, 1.807) is 54.4 Å². The summed E-state index contributed by atoms with van der Waals surface area (Å²) in [6, 6.07) is 76.1. The molecule has 0 unspecified atom stereocenters. The third-order valence-corrected chi connectivity index (χ3v) is 15.9. The Labute approximate surface area is 662 Å². The van der Waals surface area contributed by atoms with Gasteiger partial charge in [0.05, 0.1) is 62.3 Å². The molecule has 29 heteroatoms. The van der Waals surface area contributed by atoms with Gasteiger partial charge in [0.2, 0.25) is 35.7 Å². The molecule has 0 saturated carbocycles. The number of rotatable bonds is 27. The van der Waals surface area contributed by atoms with E-state index in [0.29, 0.717) is 69.0 Å². The molecule has 0 amide bonds. The molecule has 4 heterocycles. The summed E-state index contributed by atoms with van der Waals surface area (Å²) in [5, 5.41) is 40.2. The molecule has 9 aromatic carbocycles. The second-order valence-electron chi connectivity index (χ2n) is 23.8. The van der Waals surface area contributed by atoms with Crippen molar-refractivity contribution < 1.29 is 33.3 Å². The molecule has 0 spiro atoms. The Kier molecular flexibility index (Phi) is 37.3. The van der Waals surface area contributed by atoms with Crippen LogP contribution in [0.3, 0.4) is 0 Å². The van der Waals surface area contributed by atoms with Crippen molar-refractivity contribution in [3.05, 3.63) is 280 Å². The minimum absolute atomic E-state index is 0.259. The van der Waals surface area contributed by atoms with E-state index in [0.717, 1.165) is 90.9 Å². The Hall–Kier alpha value is -13.9. The van der Waals surface area contributed by atoms with Gasteiger partial charge in [0, 0.05) is 70.0 Å². The number of ether oxygens (including phenoxy) is 6. The SMILES string of the molecule is CC.CC.CC.CNc1n[nH]c(Nc2ccccc2)n1.COc1ccc(CN(C)c2nc(N)nn2Cc2ccc(OC)cc2)cc1.COc1ccc(CN(C)c2nc(Nc3ccccc3)nn2Cc2ccc(OC)cc2)cc1.COc1ccc(CN(C)c2nc([N+](=O)[O-])nn2Cc2ccc(OC)cc2)cc1.Nc1ccccc1. The molecule has 0 aliphatic heterocycles. The normalized spacial score (nSPS) is 9.95. The highest BCUT2D eigenvalue weighted by Gasteiger charge is 2.25. The second kappa shape index (κ2) is 47.8. The number of nitrogen functional groups attached to an aromatic ring is 2. The minimum atomic E-state index is -0.588. The summed E-state index contributed by atoms with van der Waals surface area (Å²) in [7, 11) is 17.4. The van der Waals surface area contributed by atoms with E-state index < -0.39 is 10.9 Å². The summed E-state index contributed by atoms with van der Waals surface area (Å²) in [4.78, 5) is 33.9. The van der Waals surface area contributed by atoms with E-state index in [9.17, 15) is 10.1 Å². The molecule has 29 nitrogen and oxygen atoms in total. The van der Waals surface area contributed by atoms with E-state index in [4.69, 9.17) is 50.0 Å². The lowest BCUT2D eigenvalue weighted by Gasteiger charge is -2.19. The van der Waals surface area contributed by atoms with E-state index in [1.807, 2.05) is 302 Å². The number of hydrogen-bond donors (Lipinski definition) is 6. The number of anilines is 10. The van der Waals surface area contributed by atoms with E-state index in [1.165, 1.54) is 4.68 Å². The largest absolute Gasteiger partial charge is 0.497 e. The first-order valence-electron chi connectivity index (χ1n) is 36.7. The molecule has 596 valence electrons. The standard InChI is InChI=1S/C25H27N5O2.C19H21N5O4.C19H23N5O2.C9H11N5.C6H7N.3C2H6/c1-29(17-19-9-13-22(31-2)14-10-19)25-27-24(26-21-7-5-4-6-8-21)28-30(25)18-20-11-15-23(32-3)16-12-20;1-22(12-14-4-8-16(27-2)9-5-14)19-20-18(24(25)26)21-23(19)13-15-6-10-17(28-3)11-7-15;1-23(12-14-4-8-16(25-2)9-5-14)19-21-18(20)22-24(19)13-15-6-10-17(26-3)11-7-15;1-10-8-12-9(14-13-8)11-7-5-3-2-4-6-7;7-6-4-2-1-3-5-6;3*1-2/h4-16H,17-18H2,1-3H3,(H,26,28);4-11H,12-13H2,1-3H3;4-11H,12-13H2,1-3H3,(H2,20,22);2-6H,1H3,(H3,10,11,12,13,14);1-5H,7H2;3*1-2H3. The van der Waals surface area contributed by atoms with Crippen molar-refractivity contribution in [2.24, 2.45) is 0 Å². The van der Waals surface area contributed by atoms with Gasteiger partial charge >= 0.3 is 11.9 Å². The number of nitrogens with one attached hydrogen (secondary N) is 4. The Morgan fingerprint density at radius 3 is 1.02 bits per heavy atom. The Morgan fingerprint density at radius 2 is 0.699 bits per heavy atom. The maximum absolute atomic E-state index is 11.2. The molecule has 0 aliphatic carbocycles. The molecular formula is C84H107N21O8. The summed E-state index contributed by atoms with van der Waals surface area (Å²) < 4.78 is 36.5. The molecule has 0 saturated heterocycles. The third-order valence-electron chi connectivity index (χ3n) is 15.9. The smallest absolute Gasteiger partial charge is 0.493 e. The molecule has 13 aromatic rings. The number of nitrogens with zero attached hydrogens (tertiary/aromatic N) is 15. The van der Waals surface area contributed by atoms with Gasteiger partial charge in [0.15, 0.2) is 0 Å². The van der Waals surface area contributed by atoms with Gasteiger partial charge in [0.25, 0.3) is 0 Å². The highest BCUT2D eigenvalue weighted by Crippen LogP contribution is 2.26. The van der Waals surface area contributed by atoms with Gasteiger partial charge in [-0.05, 0) is 152 Å². The van der Waals surface area contributed by atoms with Crippen LogP contribution in [-0.4, -0.2) is 135 Å². The highest BCUT2D eigenvalue weighted by molar-refractivity contribution is 5.55. The van der Waals surface area contributed by atoms with Crippen molar-refractivity contribution in [1.29, 1.82) is 0 Å². The average molecular weight is 1540 g/mol. The fraction of sp³-hybridized carbons (Fsp3) is 0.262. The first-order valence-corrected chi connectivity index (χ1v) is 36.7. The lowest BCUT2D eigenvalue weighted by molar-refractivity contribution is -0.394. The average Bonchev–Trinajstić information content (AvgIpc) is 1.70. The molecule has 0 fully saturated rings. The van der Waals surface area contributed by atoms with Gasteiger partial charge in [0.1, 0.15) is 34.5 Å². The fourth-order valence-electron chi connectivity index (χ4n) is 10.4. The molecule has 0 atom stereocenters. The number of nitrogens with two attached hydrogens (primary N) is 2. The number of aromatic amines is 1. The van der Waals surface area contributed by atoms with Crippen LogP contribution in [0, 0.1) is 10.1 Å². The molecule has 0 aliphatic rings. The number of H-pyrrole nitrogens is 1. The maximum atomic E-state index is 11.2. The number of methoxy groups -OCH3 is 6. The topological polar surface area (TPSA) is 330 Å². The fourth-order valence-corrected chi connectivity index (χ4v) is 10.4. The van der Waals surface area contributed by atoms with Crippen LogP contribution in [0.2, 0.25) is 0 Å². The van der Waals surface area contributed by atoms with Crippen molar-refractivity contribution in [2.45, 2.75) is 80.8 Å². The minimum Gasteiger partial charge on any atom is -0.497 e. The summed E-state index contributed by atoms with van der Waals surface area (Å²) >= 11 is 0. The number of para-hydroxylation sites is 3. The second-order valence-corrected chi connectivity index (χ2v) is 23.8. The molecule has 0 radical (unpaired) electrons. The lowest BCUT2D eigenvalue weighted by Crippen LogP contribution is -2.21. The highest BCUT2D eigenvalue weighted by atomic mass is 16.6. The predicted molar refractivity (Wildman–Crippen MR) is 453 cm³/mol. The first-order chi connectivity index (χ1) is 55.0. The first kappa shape index (κ1) is 88.0. The van der Waals surface area contributed by atoms with Gasteiger partial charge in [-0.25, -0.2) is 14.5 Å². The number of nitro groups is 1. The number of aromatic nitrogens is 12. The van der Waals surface area contributed by atoms with Gasteiger partial charge in [-0.3, -0.25) is 0 Å². The van der Waals surface area contributed by atoms with Crippen LogP contribution < -0.4 is 70.5 Å². The van der Waals surface area contributed by atoms with Gasteiger partial charge in [-0.15, -0.1) is 20.0 Å². The van der Waals surface area contributed by atoms with E-state index in [-0.39, 0.29) is 5.95 Å². The van der Waals surface area contributed by atoms with Crippen LogP contribution >= 0.6 is 0 Å². The molecule has 113 heavy (non-hydrogen) atoms. The third kappa shape index (κ3) is 28.9. The summed E-state index contributed by atoms with van der Waals surface area (Å²) in [6.07, 6.45) is 0.